The fourth-order valence-corrected chi connectivity index (χ4v) is 2.77. The highest BCUT2D eigenvalue weighted by Crippen LogP contribution is 2.38. The summed E-state index contributed by atoms with van der Waals surface area (Å²) >= 11 is 4.95. The highest BCUT2D eigenvalue weighted by molar-refractivity contribution is 9.10. The van der Waals surface area contributed by atoms with Crippen molar-refractivity contribution in [2.75, 3.05) is 7.11 Å². The molecule has 2 aromatic rings. The molecule has 0 aliphatic rings. The number of hydrogen-bond donors (Lipinski definition) is 2. The van der Waals surface area contributed by atoms with E-state index in [1.807, 2.05) is 16.8 Å². The summed E-state index contributed by atoms with van der Waals surface area (Å²) in [7, 11) is 1.52. The monoisotopic (exact) mass is 313 g/mol. The van der Waals surface area contributed by atoms with Crippen LogP contribution in [0.25, 0.3) is 0 Å². The maximum absolute atomic E-state index is 10.1. The number of halogens is 1. The molecule has 0 unspecified atom stereocenters. The van der Waals surface area contributed by atoms with Crippen molar-refractivity contribution in [3.05, 3.63) is 44.6 Å². The molecule has 3 nitrogen and oxygen atoms in total. The van der Waals surface area contributed by atoms with Crippen LogP contribution in [0.5, 0.6) is 11.5 Å². The van der Waals surface area contributed by atoms with Gasteiger partial charge in [0.1, 0.15) is 0 Å². The average molecular weight is 314 g/mol. The zero-order valence-electron chi connectivity index (χ0n) is 9.18. The number of aromatic hydroxyl groups is 1. The molecule has 1 heterocycles. The van der Waals surface area contributed by atoms with E-state index in [9.17, 15) is 5.11 Å². The molecule has 1 aromatic heterocycles. The fourth-order valence-electron chi connectivity index (χ4n) is 1.62. The SMILES string of the molecule is COc1cc(Br)cc([C@H](N)c2ccsc2)c1O. The third-order valence-electron chi connectivity index (χ3n) is 2.53. The number of rotatable bonds is 3. The van der Waals surface area contributed by atoms with Gasteiger partial charge in [-0.25, -0.2) is 0 Å². The Kier molecular flexibility index (Phi) is 3.71. The van der Waals surface area contributed by atoms with Gasteiger partial charge in [-0.05, 0) is 34.5 Å². The molecule has 0 saturated heterocycles. The predicted octanol–water partition coefficient (Wildman–Crippen LogP) is 3.27. The summed E-state index contributed by atoms with van der Waals surface area (Å²) in [6.45, 7) is 0. The van der Waals surface area contributed by atoms with Crippen LogP contribution in [0, 0.1) is 0 Å². The molecule has 0 fully saturated rings. The third-order valence-corrected chi connectivity index (χ3v) is 3.69. The van der Waals surface area contributed by atoms with Gasteiger partial charge in [0.25, 0.3) is 0 Å². The molecule has 0 saturated carbocycles. The topological polar surface area (TPSA) is 55.5 Å². The summed E-state index contributed by atoms with van der Waals surface area (Å²) in [4.78, 5) is 0. The van der Waals surface area contributed by atoms with Gasteiger partial charge in [-0.15, -0.1) is 0 Å². The minimum absolute atomic E-state index is 0.0920. The molecule has 1 aromatic carbocycles. The van der Waals surface area contributed by atoms with Gasteiger partial charge < -0.3 is 15.6 Å². The van der Waals surface area contributed by atoms with E-state index in [2.05, 4.69) is 15.9 Å². The molecule has 2 rings (SSSR count). The molecule has 3 N–H and O–H groups in total. The second-order valence-corrected chi connectivity index (χ2v) is 5.28. The van der Waals surface area contributed by atoms with E-state index in [0.29, 0.717) is 11.3 Å². The lowest BCUT2D eigenvalue weighted by Gasteiger charge is -2.15. The maximum atomic E-state index is 10.1. The van der Waals surface area contributed by atoms with Crippen molar-refractivity contribution in [1.29, 1.82) is 0 Å². The van der Waals surface area contributed by atoms with Gasteiger partial charge in [-0.3, -0.25) is 0 Å². The van der Waals surface area contributed by atoms with E-state index >= 15 is 0 Å². The Morgan fingerprint density at radius 3 is 2.82 bits per heavy atom. The van der Waals surface area contributed by atoms with Crippen molar-refractivity contribution < 1.29 is 9.84 Å². The molecular formula is C12H12BrNO2S. The van der Waals surface area contributed by atoms with Crippen molar-refractivity contribution >= 4 is 27.3 Å². The summed E-state index contributed by atoms with van der Waals surface area (Å²) in [6, 6.07) is 5.11. The number of thiophene rings is 1. The van der Waals surface area contributed by atoms with Crippen LogP contribution in [0.4, 0.5) is 0 Å². The molecule has 0 amide bonds. The van der Waals surface area contributed by atoms with Crippen LogP contribution in [0.15, 0.2) is 33.4 Å². The molecule has 0 aliphatic heterocycles. The average Bonchev–Trinajstić information content (AvgIpc) is 2.84. The van der Waals surface area contributed by atoms with Crippen LogP contribution in [0.3, 0.4) is 0 Å². The quantitative estimate of drug-likeness (QED) is 0.914. The van der Waals surface area contributed by atoms with Gasteiger partial charge in [0, 0.05) is 10.0 Å². The van der Waals surface area contributed by atoms with Crippen LogP contribution in [0.1, 0.15) is 17.2 Å². The Labute approximate surface area is 112 Å². The summed E-state index contributed by atoms with van der Waals surface area (Å²) in [5, 5.41) is 14.0. The van der Waals surface area contributed by atoms with Crippen LogP contribution in [-0.2, 0) is 0 Å². The van der Waals surface area contributed by atoms with Gasteiger partial charge in [0.15, 0.2) is 11.5 Å². The van der Waals surface area contributed by atoms with Crippen molar-refractivity contribution in [3.8, 4) is 11.5 Å². The minimum Gasteiger partial charge on any atom is -0.504 e. The number of phenols is 1. The molecule has 90 valence electrons. The Bertz CT molecular complexity index is 513. The first-order valence-electron chi connectivity index (χ1n) is 4.97. The summed E-state index contributed by atoms with van der Waals surface area (Å²) in [5.74, 6) is 0.509. The predicted molar refractivity (Wildman–Crippen MR) is 72.7 cm³/mol. The first-order chi connectivity index (χ1) is 8.13. The molecule has 5 heteroatoms. The number of methoxy groups -OCH3 is 1. The Balaban J connectivity index is 2.48. The van der Waals surface area contributed by atoms with Gasteiger partial charge >= 0.3 is 0 Å². The van der Waals surface area contributed by atoms with Crippen LogP contribution >= 0.6 is 27.3 Å². The summed E-state index contributed by atoms with van der Waals surface area (Å²) in [5.41, 5.74) is 7.75. The van der Waals surface area contributed by atoms with Gasteiger partial charge in [-0.1, -0.05) is 15.9 Å². The molecular weight excluding hydrogens is 302 g/mol. The van der Waals surface area contributed by atoms with Gasteiger partial charge in [0.05, 0.1) is 13.2 Å². The summed E-state index contributed by atoms with van der Waals surface area (Å²) in [6.07, 6.45) is 0. The lowest BCUT2D eigenvalue weighted by molar-refractivity contribution is 0.369. The van der Waals surface area contributed by atoms with Crippen molar-refractivity contribution in [2.24, 2.45) is 5.73 Å². The second kappa shape index (κ2) is 5.08. The first-order valence-corrected chi connectivity index (χ1v) is 6.71. The minimum atomic E-state index is -0.354. The van der Waals surface area contributed by atoms with E-state index in [1.165, 1.54) is 7.11 Å². The second-order valence-electron chi connectivity index (χ2n) is 3.58. The molecule has 1 atom stereocenters. The number of nitrogens with two attached hydrogens (primary N) is 1. The number of benzene rings is 1. The van der Waals surface area contributed by atoms with Crippen LogP contribution in [0.2, 0.25) is 0 Å². The van der Waals surface area contributed by atoms with Crippen molar-refractivity contribution in [3.63, 3.8) is 0 Å². The van der Waals surface area contributed by atoms with Crippen molar-refractivity contribution in [1.82, 2.24) is 0 Å². The number of phenolic OH excluding ortho intramolecular Hbond substituents is 1. The molecule has 0 spiro atoms. The van der Waals surface area contributed by atoms with E-state index in [0.717, 1.165) is 10.0 Å². The number of ether oxygens (including phenoxy) is 1. The molecule has 0 bridgehead atoms. The Morgan fingerprint density at radius 2 is 2.24 bits per heavy atom. The number of hydrogen-bond acceptors (Lipinski definition) is 4. The van der Waals surface area contributed by atoms with Crippen LogP contribution in [-0.4, -0.2) is 12.2 Å². The van der Waals surface area contributed by atoms with Crippen LogP contribution < -0.4 is 10.5 Å². The lowest BCUT2D eigenvalue weighted by atomic mass is 10.0. The lowest BCUT2D eigenvalue weighted by Crippen LogP contribution is -2.11. The van der Waals surface area contributed by atoms with E-state index < -0.39 is 0 Å². The summed E-state index contributed by atoms with van der Waals surface area (Å²) < 4.78 is 5.93. The molecule has 0 aliphatic carbocycles. The molecule has 0 radical (unpaired) electrons. The van der Waals surface area contributed by atoms with Gasteiger partial charge in [0.2, 0.25) is 0 Å². The van der Waals surface area contributed by atoms with Gasteiger partial charge in [-0.2, -0.15) is 11.3 Å². The molecule has 17 heavy (non-hydrogen) atoms. The Hall–Kier alpha value is -1.04. The maximum Gasteiger partial charge on any atom is 0.162 e. The zero-order chi connectivity index (χ0) is 12.4. The normalized spacial score (nSPS) is 12.4. The van der Waals surface area contributed by atoms with E-state index in [1.54, 1.807) is 23.5 Å². The van der Waals surface area contributed by atoms with Crippen molar-refractivity contribution in [2.45, 2.75) is 6.04 Å². The highest BCUT2D eigenvalue weighted by Gasteiger charge is 2.17. The first kappa shape index (κ1) is 12.4. The standard InChI is InChI=1S/C12H12BrNO2S/c1-16-10-5-8(13)4-9(12(10)15)11(14)7-2-3-17-6-7/h2-6,11,15H,14H2,1H3/t11-/m1/s1. The fraction of sp³-hybridized carbons (Fsp3) is 0.167. The zero-order valence-corrected chi connectivity index (χ0v) is 11.6. The largest absolute Gasteiger partial charge is 0.504 e. The highest BCUT2D eigenvalue weighted by atomic mass is 79.9. The smallest absolute Gasteiger partial charge is 0.162 e. The Morgan fingerprint density at radius 1 is 1.47 bits per heavy atom. The third kappa shape index (κ3) is 2.46. The van der Waals surface area contributed by atoms with E-state index in [-0.39, 0.29) is 11.8 Å². The van der Waals surface area contributed by atoms with E-state index in [4.69, 9.17) is 10.5 Å².